The maximum atomic E-state index is 12.2. The Labute approximate surface area is 149 Å². The zero-order valence-electron chi connectivity index (χ0n) is 13.8. The molecule has 2 heterocycles. The van der Waals surface area contributed by atoms with Crippen LogP contribution in [0.4, 0.5) is 0 Å². The van der Waals surface area contributed by atoms with Crippen LogP contribution in [0.5, 0.6) is 5.88 Å². The predicted octanol–water partition coefficient (Wildman–Crippen LogP) is 2.09. The minimum Gasteiger partial charge on any atom is -0.493 e. The lowest BCUT2D eigenvalue weighted by Gasteiger charge is -2.24. The third-order valence-electron chi connectivity index (χ3n) is 4.16. The molecule has 0 radical (unpaired) electrons. The van der Waals surface area contributed by atoms with Gasteiger partial charge in [-0.05, 0) is 50.5 Å². The summed E-state index contributed by atoms with van der Waals surface area (Å²) in [5.74, 6) is -0.436. The molecule has 3 rings (SSSR count). The lowest BCUT2D eigenvalue weighted by Crippen LogP contribution is -2.34. The molecule has 0 bridgehead atoms. The predicted molar refractivity (Wildman–Crippen MR) is 97.0 cm³/mol. The molecule has 1 aromatic carbocycles. The highest BCUT2D eigenvalue weighted by Gasteiger charge is 2.19. The second-order valence-electron chi connectivity index (χ2n) is 5.97. The molecule has 2 aromatic rings. The molecule has 7 nitrogen and oxygen atoms in total. The lowest BCUT2D eigenvalue weighted by molar-refractivity contribution is 0.239. The maximum Gasteiger partial charge on any atom is 0.335 e. The molecular weight excluding hydrogens is 344 g/mol. The monoisotopic (exact) mass is 362 g/mol. The van der Waals surface area contributed by atoms with E-state index in [0.29, 0.717) is 16.4 Å². The zero-order valence-corrected chi connectivity index (χ0v) is 14.6. The van der Waals surface area contributed by atoms with Gasteiger partial charge < -0.3 is 5.11 Å². The van der Waals surface area contributed by atoms with E-state index in [1.165, 1.54) is 6.42 Å². The van der Waals surface area contributed by atoms with Crippen LogP contribution < -0.4 is 11.2 Å². The van der Waals surface area contributed by atoms with Gasteiger partial charge in [-0.3, -0.25) is 14.8 Å². The number of hydrazone groups is 1. The van der Waals surface area contributed by atoms with E-state index in [0.717, 1.165) is 30.5 Å². The SMILES string of the molecule is CC(=NN1CCCCC1)c1c(O)n(-c2ccc(Cl)cc2)c(=O)[nH]c1=O. The number of rotatable bonds is 3. The molecule has 0 saturated carbocycles. The normalized spacial score (nSPS) is 15.4. The summed E-state index contributed by atoms with van der Waals surface area (Å²) in [6, 6.07) is 6.37. The van der Waals surface area contributed by atoms with Crippen molar-refractivity contribution in [3.63, 3.8) is 0 Å². The van der Waals surface area contributed by atoms with E-state index in [4.69, 9.17) is 11.6 Å². The summed E-state index contributed by atoms with van der Waals surface area (Å²) in [5, 5.41) is 17.4. The summed E-state index contributed by atoms with van der Waals surface area (Å²) in [6.07, 6.45) is 3.26. The summed E-state index contributed by atoms with van der Waals surface area (Å²) in [5.41, 5.74) is -0.635. The summed E-state index contributed by atoms with van der Waals surface area (Å²) in [7, 11) is 0. The molecule has 0 aliphatic carbocycles. The maximum absolute atomic E-state index is 12.2. The molecule has 8 heteroatoms. The van der Waals surface area contributed by atoms with Crippen LogP contribution in [-0.4, -0.2) is 38.5 Å². The largest absolute Gasteiger partial charge is 0.493 e. The van der Waals surface area contributed by atoms with Crippen LogP contribution in [0.25, 0.3) is 5.69 Å². The number of aromatic amines is 1. The average molecular weight is 363 g/mol. The highest BCUT2D eigenvalue weighted by Crippen LogP contribution is 2.19. The molecule has 0 spiro atoms. The quantitative estimate of drug-likeness (QED) is 0.818. The van der Waals surface area contributed by atoms with E-state index >= 15 is 0 Å². The van der Waals surface area contributed by atoms with Crippen molar-refractivity contribution >= 4 is 17.3 Å². The van der Waals surface area contributed by atoms with Gasteiger partial charge in [0.2, 0.25) is 5.88 Å². The van der Waals surface area contributed by atoms with Gasteiger partial charge in [-0.15, -0.1) is 0 Å². The minimum absolute atomic E-state index is 0.0138. The van der Waals surface area contributed by atoms with Gasteiger partial charge in [0.1, 0.15) is 5.56 Å². The fourth-order valence-corrected chi connectivity index (χ4v) is 3.05. The number of H-pyrrole nitrogens is 1. The Bertz CT molecular complexity index is 909. The van der Waals surface area contributed by atoms with Crippen LogP contribution >= 0.6 is 11.6 Å². The molecule has 1 fully saturated rings. The number of aromatic hydroxyl groups is 1. The number of benzene rings is 1. The van der Waals surface area contributed by atoms with Gasteiger partial charge in [0, 0.05) is 18.1 Å². The van der Waals surface area contributed by atoms with Crippen LogP contribution in [0.2, 0.25) is 5.02 Å². The van der Waals surface area contributed by atoms with Crippen molar-refractivity contribution < 1.29 is 5.11 Å². The van der Waals surface area contributed by atoms with Crippen LogP contribution in [-0.2, 0) is 0 Å². The number of nitrogens with one attached hydrogen (secondary N) is 1. The van der Waals surface area contributed by atoms with Crippen molar-refractivity contribution in [1.29, 1.82) is 0 Å². The molecule has 25 heavy (non-hydrogen) atoms. The van der Waals surface area contributed by atoms with Gasteiger partial charge >= 0.3 is 5.69 Å². The molecule has 1 aliphatic heterocycles. The minimum atomic E-state index is -0.723. The fraction of sp³-hybridized carbons (Fsp3) is 0.353. The highest BCUT2D eigenvalue weighted by atomic mass is 35.5. The standard InChI is InChI=1S/C17H19ClN4O3/c1-11(20-21-9-3-2-4-10-21)14-15(23)19-17(25)22(16(14)24)13-7-5-12(18)6-8-13/h5-8,24H,2-4,9-10H2,1H3,(H,19,23,25). The smallest absolute Gasteiger partial charge is 0.335 e. The molecule has 1 saturated heterocycles. The van der Waals surface area contributed by atoms with Crippen molar-refractivity contribution in [3.8, 4) is 11.6 Å². The van der Waals surface area contributed by atoms with Gasteiger partial charge in [0.15, 0.2) is 0 Å². The van der Waals surface area contributed by atoms with Gasteiger partial charge in [-0.25, -0.2) is 9.36 Å². The number of hydrogen-bond acceptors (Lipinski definition) is 5. The first-order valence-electron chi connectivity index (χ1n) is 8.12. The van der Waals surface area contributed by atoms with Crippen molar-refractivity contribution in [2.45, 2.75) is 26.2 Å². The van der Waals surface area contributed by atoms with E-state index in [-0.39, 0.29) is 5.56 Å². The molecule has 1 aliphatic rings. The average Bonchev–Trinajstić information content (AvgIpc) is 2.57. The first-order valence-corrected chi connectivity index (χ1v) is 8.50. The van der Waals surface area contributed by atoms with Gasteiger partial charge in [0.25, 0.3) is 5.56 Å². The summed E-state index contributed by atoms with van der Waals surface area (Å²) in [4.78, 5) is 26.6. The van der Waals surface area contributed by atoms with Gasteiger partial charge in [0.05, 0.1) is 11.4 Å². The summed E-state index contributed by atoms with van der Waals surface area (Å²) >= 11 is 5.86. The van der Waals surface area contributed by atoms with Crippen LogP contribution in [0.3, 0.4) is 0 Å². The van der Waals surface area contributed by atoms with Crippen molar-refractivity contribution in [2.24, 2.45) is 5.10 Å². The molecular formula is C17H19ClN4O3. The number of halogens is 1. The highest BCUT2D eigenvalue weighted by molar-refractivity contribution is 6.30. The Morgan fingerprint density at radius 2 is 1.80 bits per heavy atom. The Hall–Kier alpha value is -2.54. The molecule has 2 N–H and O–H groups in total. The number of aromatic nitrogens is 2. The number of hydrogen-bond donors (Lipinski definition) is 2. The lowest BCUT2D eigenvalue weighted by atomic mass is 10.1. The Morgan fingerprint density at radius 3 is 2.44 bits per heavy atom. The van der Waals surface area contributed by atoms with Crippen LogP contribution in [0, 0.1) is 0 Å². The molecule has 0 unspecified atom stereocenters. The molecule has 132 valence electrons. The van der Waals surface area contributed by atoms with E-state index in [2.05, 4.69) is 10.1 Å². The Kier molecular flexibility index (Phi) is 4.94. The van der Waals surface area contributed by atoms with Crippen molar-refractivity contribution in [2.75, 3.05) is 13.1 Å². The van der Waals surface area contributed by atoms with Crippen LogP contribution in [0.1, 0.15) is 31.7 Å². The zero-order chi connectivity index (χ0) is 18.0. The van der Waals surface area contributed by atoms with Crippen molar-refractivity contribution in [3.05, 3.63) is 55.7 Å². The Balaban J connectivity index is 2.09. The topological polar surface area (TPSA) is 90.7 Å². The fourth-order valence-electron chi connectivity index (χ4n) is 2.92. The van der Waals surface area contributed by atoms with E-state index < -0.39 is 17.1 Å². The first-order chi connectivity index (χ1) is 12.0. The third kappa shape index (κ3) is 3.61. The molecule has 0 atom stereocenters. The van der Waals surface area contributed by atoms with E-state index in [1.807, 2.05) is 5.01 Å². The van der Waals surface area contributed by atoms with Gasteiger partial charge in [-0.2, -0.15) is 5.10 Å². The van der Waals surface area contributed by atoms with Crippen molar-refractivity contribution in [1.82, 2.24) is 14.6 Å². The molecule has 0 amide bonds. The molecule has 1 aromatic heterocycles. The number of nitrogens with zero attached hydrogens (tertiary/aromatic N) is 3. The van der Waals surface area contributed by atoms with Gasteiger partial charge in [-0.1, -0.05) is 11.6 Å². The Morgan fingerprint density at radius 1 is 1.16 bits per heavy atom. The summed E-state index contributed by atoms with van der Waals surface area (Å²) in [6.45, 7) is 3.27. The summed E-state index contributed by atoms with van der Waals surface area (Å²) < 4.78 is 1.03. The van der Waals surface area contributed by atoms with E-state index in [9.17, 15) is 14.7 Å². The van der Waals surface area contributed by atoms with E-state index in [1.54, 1.807) is 31.2 Å². The van der Waals surface area contributed by atoms with Crippen LogP contribution in [0.15, 0.2) is 39.0 Å². The second-order valence-corrected chi connectivity index (χ2v) is 6.41. The first kappa shape index (κ1) is 17.3. The third-order valence-corrected chi connectivity index (χ3v) is 4.41. The second kappa shape index (κ2) is 7.14. The number of piperidine rings is 1.